The van der Waals surface area contributed by atoms with Crippen molar-refractivity contribution in [3.8, 4) is 0 Å². The van der Waals surface area contributed by atoms with Gasteiger partial charge in [0.15, 0.2) is 9.84 Å². The molecule has 6 heteroatoms. The molecule has 0 spiro atoms. The number of hydrogen-bond donors (Lipinski definition) is 1. The Kier molecular flexibility index (Phi) is 4.57. The maximum atomic E-state index is 12.1. The van der Waals surface area contributed by atoms with Crippen LogP contribution < -0.4 is 5.32 Å². The summed E-state index contributed by atoms with van der Waals surface area (Å²) in [6.07, 6.45) is 0.300. The highest BCUT2D eigenvalue weighted by Crippen LogP contribution is 2.21. The molecule has 0 radical (unpaired) electrons. The fourth-order valence-electron chi connectivity index (χ4n) is 1.76. The van der Waals surface area contributed by atoms with Crippen molar-refractivity contribution in [1.29, 1.82) is 0 Å². The zero-order valence-corrected chi connectivity index (χ0v) is 12.6. The maximum absolute atomic E-state index is 12.1. The van der Waals surface area contributed by atoms with E-state index in [1.165, 1.54) is 11.3 Å². The molecule has 2 aromatic rings. The monoisotopic (exact) mass is 309 g/mol. The van der Waals surface area contributed by atoms with Crippen molar-refractivity contribution in [3.63, 3.8) is 0 Å². The Morgan fingerprint density at radius 1 is 1.15 bits per heavy atom. The highest BCUT2D eigenvalue weighted by molar-refractivity contribution is 7.92. The number of likely N-dealkylation sites (N-methyl/N-ethyl adjacent to an activating group) is 1. The molecule has 106 valence electrons. The summed E-state index contributed by atoms with van der Waals surface area (Å²) in [5.41, 5.74) is 1.58. The van der Waals surface area contributed by atoms with Gasteiger partial charge in [0, 0.05) is 7.05 Å². The number of rotatable bonds is 5. The molecule has 0 saturated carbocycles. The average Bonchev–Trinajstić information content (AvgIpc) is 2.95. The Balaban J connectivity index is 2.10. The van der Waals surface area contributed by atoms with Crippen molar-refractivity contribution in [2.45, 2.75) is 16.4 Å². The van der Waals surface area contributed by atoms with Crippen LogP contribution in [0.25, 0.3) is 0 Å². The molecule has 0 atom stereocenters. The summed E-state index contributed by atoms with van der Waals surface area (Å²) in [6, 6.07) is 10.4. The van der Waals surface area contributed by atoms with Gasteiger partial charge in [0.25, 0.3) is 0 Å². The van der Waals surface area contributed by atoms with Gasteiger partial charge in [0.05, 0.1) is 12.2 Å². The van der Waals surface area contributed by atoms with Gasteiger partial charge in [0.2, 0.25) is 5.91 Å². The van der Waals surface area contributed by atoms with Gasteiger partial charge in [-0.25, -0.2) is 8.42 Å². The Morgan fingerprint density at radius 3 is 2.35 bits per heavy atom. The minimum Gasteiger partial charge on any atom is -0.359 e. The molecule has 4 nitrogen and oxygen atoms in total. The van der Waals surface area contributed by atoms with Crippen LogP contribution in [0.1, 0.15) is 11.1 Å². The largest absolute Gasteiger partial charge is 0.359 e. The Bertz CT molecular complexity index is 674. The number of carbonyl (C=O) groups excluding carboxylic acids is 1. The van der Waals surface area contributed by atoms with Gasteiger partial charge in [-0.15, -0.1) is 11.3 Å². The second kappa shape index (κ2) is 6.19. The summed E-state index contributed by atoms with van der Waals surface area (Å²) < 4.78 is 24.6. The van der Waals surface area contributed by atoms with Gasteiger partial charge < -0.3 is 5.32 Å². The standard InChI is InChI=1S/C14H15NO3S2/c1-15-13(16)9-11-4-6-12(7-5-11)10-20(17,18)14-3-2-8-19-14/h2-8H,9-10H2,1H3,(H,15,16). The lowest BCUT2D eigenvalue weighted by molar-refractivity contribution is -0.119. The summed E-state index contributed by atoms with van der Waals surface area (Å²) >= 11 is 1.22. The molecule has 0 bridgehead atoms. The summed E-state index contributed by atoms with van der Waals surface area (Å²) in [6.45, 7) is 0. The van der Waals surface area contributed by atoms with E-state index in [1.807, 2.05) is 0 Å². The lowest BCUT2D eigenvalue weighted by Gasteiger charge is -2.04. The second-order valence-corrected chi connectivity index (χ2v) is 7.52. The van der Waals surface area contributed by atoms with Gasteiger partial charge in [0.1, 0.15) is 4.21 Å². The van der Waals surface area contributed by atoms with Gasteiger partial charge in [-0.2, -0.15) is 0 Å². The molecule has 1 heterocycles. The molecule has 2 rings (SSSR count). The van der Waals surface area contributed by atoms with Gasteiger partial charge in [-0.1, -0.05) is 30.3 Å². The number of benzene rings is 1. The van der Waals surface area contributed by atoms with Crippen molar-refractivity contribution in [1.82, 2.24) is 5.32 Å². The molecule has 1 amide bonds. The molecule has 0 saturated heterocycles. The van der Waals surface area contributed by atoms with Crippen molar-refractivity contribution in [3.05, 3.63) is 52.9 Å². The Labute approximate surface area is 122 Å². The van der Waals surface area contributed by atoms with E-state index in [0.717, 1.165) is 11.1 Å². The molecule has 0 fully saturated rings. The predicted octanol–water partition coefficient (Wildman–Crippen LogP) is 2.01. The molecule has 20 heavy (non-hydrogen) atoms. The van der Waals surface area contributed by atoms with Crippen molar-refractivity contribution in [2.75, 3.05) is 7.05 Å². The van der Waals surface area contributed by atoms with Crippen LogP contribution in [-0.4, -0.2) is 21.4 Å². The van der Waals surface area contributed by atoms with Gasteiger partial charge >= 0.3 is 0 Å². The van der Waals surface area contributed by atoms with E-state index in [4.69, 9.17) is 0 Å². The molecule has 0 unspecified atom stereocenters. The zero-order chi connectivity index (χ0) is 14.6. The number of nitrogens with one attached hydrogen (secondary N) is 1. The number of amides is 1. The quantitative estimate of drug-likeness (QED) is 0.919. The third-order valence-electron chi connectivity index (χ3n) is 2.82. The first kappa shape index (κ1) is 14.7. The second-order valence-electron chi connectivity index (χ2n) is 4.36. The predicted molar refractivity (Wildman–Crippen MR) is 79.4 cm³/mol. The first-order valence-electron chi connectivity index (χ1n) is 6.06. The number of carbonyl (C=O) groups is 1. The third kappa shape index (κ3) is 3.68. The van der Waals surface area contributed by atoms with E-state index in [1.54, 1.807) is 48.8 Å². The van der Waals surface area contributed by atoms with E-state index in [-0.39, 0.29) is 11.7 Å². The van der Waals surface area contributed by atoms with Crippen LogP contribution in [0, 0.1) is 0 Å². The van der Waals surface area contributed by atoms with E-state index in [2.05, 4.69) is 5.32 Å². The normalized spacial score (nSPS) is 11.2. The molecule has 1 N–H and O–H groups in total. The SMILES string of the molecule is CNC(=O)Cc1ccc(CS(=O)(=O)c2cccs2)cc1. The van der Waals surface area contributed by atoms with Crippen molar-refractivity contribution in [2.24, 2.45) is 0 Å². The molecular formula is C14H15NO3S2. The summed E-state index contributed by atoms with van der Waals surface area (Å²) in [7, 11) is -1.68. The van der Waals surface area contributed by atoms with Crippen LogP contribution in [0.2, 0.25) is 0 Å². The van der Waals surface area contributed by atoms with E-state index in [0.29, 0.717) is 10.6 Å². The molecular weight excluding hydrogens is 294 g/mol. The number of sulfone groups is 1. The Hall–Kier alpha value is -1.66. The summed E-state index contributed by atoms with van der Waals surface area (Å²) in [5.74, 6) is -0.0859. The summed E-state index contributed by atoms with van der Waals surface area (Å²) in [4.78, 5) is 11.2. The fraction of sp³-hybridized carbons (Fsp3) is 0.214. The molecule has 0 aliphatic carbocycles. The van der Waals surface area contributed by atoms with Crippen LogP contribution in [0.4, 0.5) is 0 Å². The highest BCUT2D eigenvalue weighted by atomic mass is 32.2. The average molecular weight is 309 g/mol. The molecule has 1 aromatic heterocycles. The first-order chi connectivity index (χ1) is 9.51. The lowest BCUT2D eigenvalue weighted by atomic mass is 10.1. The zero-order valence-electron chi connectivity index (χ0n) is 11.0. The fourth-order valence-corrected chi connectivity index (χ4v) is 4.20. The topological polar surface area (TPSA) is 63.2 Å². The van der Waals surface area contributed by atoms with Gasteiger partial charge in [-0.05, 0) is 22.6 Å². The lowest BCUT2D eigenvalue weighted by Crippen LogP contribution is -2.19. The van der Waals surface area contributed by atoms with E-state index in [9.17, 15) is 13.2 Å². The molecule has 0 aliphatic rings. The van der Waals surface area contributed by atoms with Gasteiger partial charge in [-0.3, -0.25) is 4.79 Å². The third-order valence-corrected chi connectivity index (χ3v) is 6.00. The van der Waals surface area contributed by atoms with Crippen molar-refractivity contribution >= 4 is 27.1 Å². The van der Waals surface area contributed by atoms with E-state index < -0.39 is 9.84 Å². The smallest absolute Gasteiger partial charge is 0.224 e. The molecule has 0 aliphatic heterocycles. The van der Waals surface area contributed by atoms with Crippen LogP contribution in [0.5, 0.6) is 0 Å². The van der Waals surface area contributed by atoms with Crippen molar-refractivity contribution < 1.29 is 13.2 Å². The first-order valence-corrected chi connectivity index (χ1v) is 8.59. The summed E-state index contributed by atoms with van der Waals surface area (Å²) in [5, 5.41) is 4.30. The maximum Gasteiger partial charge on any atom is 0.224 e. The van der Waals surface area contributed by atoms with E-state index >= 15 is 0 Å². The molecule has 1 aromatic carbocycles. The minimum absolute atomic E-state index is 0.0201. The highest BCUT2D eigenvalue weighted by Gasteiger charge is 2.16. The van der Waals surface area contributed by atoms with Crippen LogP contribution in [0.3, 0.4) is 0 Å². The minimum atomic E-state index is -3.27. The number of thiophene rings is 1. The van der Waals surface area contributed by atoms with Crippen LogP contribution in [-0.2, 0) is 26.8 Å². The van der Waals surface area contributed by atoms with Crippen LogP contribution >= 0.6 is 11.3 Å². The Morgan fingerprint density at radius 2 is 1.80 bits per heavy atom. The van der Waals surface area contributed by atoms with Crippen LogP contribution in [0.15, 0.2) is 46.0 Å². The number of hydrogen-bond acceptors (Lipinski definition) is 4.